The van der Waals surface area contributed by atoms with Gasteiger partial charge in [-0.15, -0.1) is 11.3 Å². The lowest BCUT2D eigenvalue weighted by Crippen LogP contribution is -2.18. The van der Waals surface area contributed by atoms with Crippen LogP contribution < -0.4 is 10.0 Å². The topological polar surface area (TPSA) is 123 Å². The van der Waals surface area contributed by atoms with Crippen molar-refractivity contribution in [2.24, 2.45) is 0 Å². The summed E-state index contributed by atoms with van der Waals surface area (Å²) in [5.41, 5.74) is 2.66. The molecule has 0 aliphatic heterocycles. The summed E-state index contributed by atoms with van der Waals surface area (Å²) in [6.45, 7) is 3.59. The third-order valence-corrected chi connectivity index (χ3v) is 6.81. The molecule has 0 aliphatic carbocycles. The van der Waals surface area contributed by atoms with Gasteiger partial charge < -0.3 is 10.1 Å². The molecule has 170 valence electrons. The zero-order valence-electron chi connectivity index (χ0n) is 17.9. The molecule has 0 unspecified atom stereocenters. The molecule has 0 radical (unpaired) electrons. The number of sulfonamides is 1. The first-order valence-electron chi connectivity index (χ1n) is 9.96. The Bertz CT molecular complexity index is 1350. The number of thiazole rings is 1. The van der Waals surface area contributed by atoms with Crippen LogP contribution in [0.5, 0.6) is 0 Å². The van der Waals surface area contributed by atoms with Gasteiger partial charge >= 0.3 is 0 Å². The second-order valence-corrected chi connectivity index (χ2v) is 10.0. The summed E-state index contributed by atoms with van der Waals surface area (Å²) in [6.07, 6.45) is 0. The van der Waals surface area contributed by atoms with E-state index in [0.29, 0.717) is 17.1 Å². The van der Waals surface area contributed by atoms with Crippen molar-refractivity contribution in [1.29, 1.82) is 0 Å². The third-order valence-electron chi connectivity index (χ3n) is 4.45. The van der Waals surface area contributed by atoms with Crippen molar-refractivity contribution in [2.75, 3.05) is 16.6 Å². The van der Waals surface area contributed by atoms with E-state index in [9.17, 15) is 13.2 Å². The molecule has 4 aromatic rings. The fourth-order valence-corrected chi connectivity index (χ4v) is 4.93. The molecule has 0 fully saturated rings. The van der Waals surface area contributed by atoms with Crippen LogP contribution in [0, 0.1) is 13.8 Å². The molecule has 9 nitrogen and oxygen atoms in total. The summed E-state index contributed by atoms with van der Waals surface area (Å²) in [7, 11) is -3.87. The van der Waals surface area contributed by atoms with E-state index in [4.69, 9.17) is 4.74 Å². The number of rotatable bonds is 8. The summed E-state index contributed by atoms with van der Waals surface area (Å²) < 4.78 is 34.1. The van der Waals surface area contributed by atoms with Gasteiger partial charge in [-0.2, -0.15) is 0 Å². The van der Waals surface area contributed by atoms with Gasteiger partial charge in [-0.1, -0.05) is 12.1 Å². The van der Waals surface area contributed by atoms with Crippen LogP contribution >= 0.6 is 11.3 Å². The number of fused-ring (bicyclic) bond motifs is 1. The van der Waals surface area contributed by atoms with Crippen molar-refractivity contribution < 1.29 is 17.9 Å². The maximum absolute atomic E-state index is 12.6. The molecule has 0 saturated heterocycles. The molecule has 0 bridgehead atoms. The Hall–Kier alpha value is -3.41. The third kappa shape index (κ3) is 5.89. The largest absolute Gasteiger partial charge is 0.364 e. The molecule has 0 aliphatic rings. The second-order valence-electron chi connectivity index (χ2n) is 7.22. The zero-order valence-corrected chi connectivity index (χ0v) is 19.5. The van der Waals surface area contributed by atoms with Gasteiger partial charge in [-0.25, -0.2) is 28.1 Å². The molecular weight excluding hydrogens is 462 g/mol. The van der Waals surface area contributed by atoms with E-state index in [1.165, 1.54) is 35.6 Å². The van der Waals surface area contributed by atoms with Crippen LogP contribution in [0.2, 0.25) is 0 Å². The number of carbonyl (C=O) groups is 1. The van der Waals surface area contributed by atoms with E-state index in [0.717, 1.165) is 15.2 Å². The maximum Gasteiger partial charge on any atom is 0.264 e. The second kappa shape index (κ2) is 9.61. The maximum atomic E-state index is 12.6. The highest BCUT2D eigenvalue weighted by Gasteiger charge is 2.16. The first-order chi connectivity index (χ1) is 15.8. The van der Waals surface area contributed by atoms with Gasteiger partial charge in [-0.3, -0.25) is 4.79 Å². The van der Waals surface area contributed by atoms with Crippen LogP contribution in [0.1, 0.15) is 16.4 Å². The van der Waals surface area contributed by atoms with Crippen LogP contribution in [0.25, 0.3) is 10.2 Å². The average molecular weight is 484 g/mol. The summed E-state index contributed by atoms with van der Waals surface area (Å²) in [5.74, 6) is -0.344. The van der Waals surface area contributed by atoms with Crippen molar-refractivity contribution in [1.82, 2.24) is 15.0 Å². The Kier molecular flexibility index (Phi) is 6.63. The van der Waals surface area contributed by atoms with Gasteiger partial charge in [0.25, 0.3) is 10.0 Å². The number of nitrogens with zero attached hydrogens (tertiary/aromatic N) is 3. The fourth-order valence-electron chi connectivity index (χ4n) is 3.08. The Balaban J connectivity index is 1.31. The number of para-hydroxylation sites is 1. The number of amides is 1. The fraction of sp³-hybridized carbons (Fsp3) is 0.182. The molecule has 4 rings (SSSR count). The van der Waals surface area contributed by atoms with Gasteiger partial charge in [0.15, 0.2) is 0 Å². The van der Waals surface area contributed by atoms with Crippen LogP contribution in [-0.2, 0) is 26.2 Å². The number of nitrogens with one attached hydrogen (secondary N) is 2. The van der Waals surface area contributed by atoms with Crippen LogP contribution in [-0.4, -0.2) is 35.9 Å². The number of hydrogen-bond acceptors (Lipinski definition) is 8. The zero-order chi connectivity index (χ0) is 23.4. The lowest BCUT2D eigenvalue weighted by Gasteiger charge is -2.09. The minimum Gasteiger partial charge on any atom is -0.364 e. The molecule has 0 atom stereocenters. The van der Waals surface area contributed by atoms with Crippen LogP contribution in [0.4, 0.5) is 11.6 Å². The van der Waals surface area contributed by atoms with Crippen LogP contribution in [0.3, 0.4) is 0 Å². The minimum absolute atomic E-state index is 0.00940. The Labute approximate surface area is 194 Å². The number of aryl methyl sites for hydroxylation is 2. The standard InChI is InChI=1S/C22H21N5O4S2/c1-14-11-15(2)24-22(23-14)27-33(29,30)17-9-7-16(8-10-17)25-20(28)12-31-13-21-26-18-5-3-4-6-19(18)32-21/h3-11H,12-13H2,1-2H3,(H,25,28)(H,23,24,27). The minimum atomic E-state index is -3.87. The first-order valence-corrected chi connectivity index (χ1v) is 12.3. The molecule has 1 amide bonds. The van der Waals surface area contributed by atoms with Gasteiger partial charge in [0, 0.05) is 17.1 Å². The molecule has 2 aromatic carbocycles. The van der Waals surface area contributed by atoms with Gasteiger partial charge in [0.05, 0.1) is 21.7 Å². The number of ether oxygens (including phenoxy) is 1. The van der Waals surface area contributed by atoms with Crippen LogP contribution in [0.15, 0.2) is 59.5 Å². The van der Waals surface area contributed by atoms with Crippen molar-refractivity contribution in [2.45, 2.75) is 25.3 Å². The Morgan fingerprint density at radius 2 is 1.70 bits per heavy atom. The predicted octanol–water partition coefficient (Wildman–Crippen LogP) is 3.66. The van der Waals surface area contributed by atoms with Gasteiger partial charge in [0.2, 0.25) is 11.9 Å². The number of carbonyl (C=O) groups excluding carboxylic acids is 1. The van der Waals surface area contributed by atoms with E-state index in [1.54, 1.807) is 19.9 Å². The normalized spacial score (nSPS) is 11.5. The Morgan fingerprint density at radius 1 is 1.00 bits per heavy atom. The summed E-state index contributed by atoms with van der Waals surface area (Å²) in [5, 5.41) is 3.47. The molecule has 2 N–H and O–H groups in total. The van der Waals surface area contributed by atoms with E-state index in [1.807, 2.05) is 24.3 Å². The highest BCUT2D eigenvalue weighted by Crippen LogP contribution is 2.22. The van der Waals surface area contributed by atoms with E-state index >= 15 is 0 Å². The first kappa shape index (κ1) is 22.8. The number of anilines is 2. The lowest BCUT2D eigenvalue weighted by atomic mass is 10.3. The molecule has 0 saturated carbocycles. The molecule has 2 heterocycles. The molecule has 33 heavy (non-hydrogen) atoms. The highest BCUT2D eigenvalue weighted by molar-refractivity contribution is 7.92. The Morgan fingerprint density at radius 3 is 2.39 bits per heavy atom. The smallest absolute Gasteiger partial charge is 0.264 e. The molecule has 2 aromatic heterocycles. The summed E-state index contributed by atoms with van der Waals surface area (Å²) in [6, 6.07) is 15.3. The quantitative estimate of drug-likeness (QED) is 0.392. The van der Waals surface area contributed by atoms with E-state index in [-0.39, 0.29) is 30.0 Å². The molecule has 0 spiro atoms. The van der Waals surface area contributed by atoms with Crippen molar-refractivity contribution in [3.05, 3.63) is 71.0 Å². The number of hydrogen-bond donors (Lipinski definition) is 2. The molecule has 11 heteroatoms. The SMILES string of the molecule is Cc1cc(C)nc(NS(=O)(=O)c2ccc(NC(=O)COCc3nc4ccccc4s3)cc2)n1. The molecular formula is C22H21N5O4S2. The van der Waals surface area contributed by atoms with E-state index < -0.39 is 10.0 Å². The predicted molar refractivity (Wildman–Crippen MR) is 127 cm³/mol. The van der Waals surface area contributed by atoms with E-state index in [2.05, 4.69) is 25.0 Å². The van der Waals surface area contributed by atoms with Crippen molar-refractivity contribution >= 4 is 49.1 Å². The summed E-state index contributed by atoms with van der Waals surface area (Å²) >= 11 is 1.52. The van der Waals surface area contributed by atoms with Gasteiger partial charge in [0.1, 0.15) is 11.6 Å². The monoisotopic (exact) mass is 483 g/mol. The number of benzene rings is 2. The van der Waals surface area contributed by atoms with Crippen molar-refractivity contribution in [3.63, 3.8) is 0 Å². The average Bonchev–Trinajstić information content (AvgIpc) is 3.16. The van der Waals surface area contributed by atoms with Gasteiger partial charge in [-0.05, 0) is 56.3 Å². The lowest BCUT2D eigenvalue weighted by molar-refractivity contribution is -0.121. The number of aromatic nitrogens is 3. The summed E-state index contributed by atoms with van der Waals surface area (Å²) in [4.78, 5) is 24.8. The highest BCUT2D eigenvalue weighted by atomic mass is 32.2. The van der Waals surface area contributed by atoms with Crippen molar-refractivity contribution in [3.8, 4) is 0 Å².